The maximum Gasteiger partial charge on any atom is 0.418 e. The van der Waals surface area contributed by atoms with Crippen molar-refractivity contribution in [1.29, 1.82) is 0 Å². The first kappa shape index (κ1) is 22.4. The van der Waals surface area contributed by atoms with E-state index in [1.807, 2.05) is 0 Å². The molecule has 0 aliphatic carbocycles. The summed E-state index contributed by atoms with van der Waals surface area (Å²) < 4.78 is 45.0. The summed E-state index contributed by atoms with van der Waals surface area (Å²) in [7, 11) is 1.44. The zero-order valence-electron chi connectivity index (χ0n) is 16.8. The summed E-state index contributed by atoms with van der Waals surface area (Å²) in [4.78, 5) is 0. The Morgan fingerprint density at radius 1 is 1.17 bits per heavy atom. The van der Waals surface area contributed by atoms with E-state index in [0.29, 0.717) is 28.7 Å². The fraction of sp³-hybridized carbons (Fsp3) is 0.333. The molecule has 8 heteroatoms. The van der Waals surface area contributed by atoms with Crippen LogP contribution in [0.5, 0.6) is 5.75 Å². The summed E-state index contributed by atoms with van der Waals surface area (Å²) in [6, 6.07) is 10.2. The van der Waals surface area contributed by atoms with Gasteiger partial charge in [0.1, 0.15) is 5.75 Å². The van der Waals surface area contributed by atoms with E-state index < -0.39 is 11.7 Å². The van der Waals surface area contributed by atoms with Crippen LogP contribution in [-0.4, -0.2) is 7.11 Å². The van der Waals surface area contributed by atoms with Gasteiger partial charge in [-0.2, -0.15) is 13.2 Å². The van der Waals surface area contributed by atoms with E-state index in [1.54, 1.807) is 24.4 Å². The highest BCUT2D eigenvalue weighted by molar-refractivity contribution is 5.72. The molecule has 2 aromatic rings. The second-order valence-corrected chi connectivity index (χ2v) is 7.10. The van der Waals surface area contributed by atoms with Crippen LogP contribution < -0.4 is 26.6 Å². The average molecular weight is 408 g/mol. The number of methoxy groups -OCH3 is 1. The fourth-order valence-corrected chi connectivity index (χ4v) is 2.70. The van der Waals surface area contributed by atoms with Gasteiger partial charge >= 0.3 is 6.18 Å². The van der Waals surface area contributed by atoms with Crippen molar-refractivity contribution in [2.24, 2.45) is 17.5 Å². The van der Waals surface area contributed by atoms with Gasteiger partial charge in [0.15, 0.2) is 0 Å². The summed E-state index contributed by atoms with van der Waals surface area (Å²) in [6.07, 6.45) is -1.18. The van der Waals surface area contributed by atoms with Crippen LogP contribution in [0.2, 0.25) is 0 Å². The van der Waals surface area contributed by atoms with Gasteiger partial charge < -0.3 is 15.8 Å². The SMILES string of the molecule is COc1cc(N(N)/C=C(\N)CCC(C)C)ccc1Nc1ccccc1C(F)(F)F. The molecule has 0 aliphatic rings. The monoisotopic (exact) mass is 408 g/mol. The van der Waals surface area contributed by atoms with Crippen molar-refractivity contribution in [3.63, 3.8) is 0 Å². The molecule has 0 saturated carbocycles. The molecule has 2 rings (SSSR count). The standard InChI is InChI=1S/C21H27F3N4O/c1-14(2)8-9-15(25)13-28(26)16-10-11-19(20(12-16)29-3)27-18-7-5-4-6-17(18)21(22,23)24/h4-7,10-14,27H,8-9,25-26H2,1-3H3/b15-13-. The van der Waals surface area contributed by atoms with Crippen molar-refractivity contribution < 1.29 is 17.9 Å². The minimum Gasteiger partial charge on any atom is -0.494 e. The van der Waals surface area contributed by atoms with Crippen LogP contribution in [0.15, 0.2) is 54.4 Å². The Morgan fingerprint density at radius 2 is 1.86 bits per heavy atom. The Balaban J connectivity index is 2.25. The normalized spacial score (nSPS) is 12.2. The molecule has 29 heavy (non-hydrogen) atoms. The quantitative estimate of drug-likeness (QED) is 0.404. The first-order chi connectivity index (χ1) is 13.6. The predicted octanol–water partition coefficient (Wildman–Crippen LogP) is 5.37. The third kappa shape index (κ3) is 6.32. The maximum absolute atomic E-state index is 13.2. The van der Waals surface area contributed by atoms with E-state index >= 15 is 0 Å². The molecule has 0 heterocycles. The lowest BCUT2D eigenvalue weighted by molar-refractivity contribution is -0.136. The highest BCUT2D eigenvalue weighted by Gasteiger charge is 2.33. The maximum atomic E-state index is 13.2. The number of alkyl halides is 3. The largest absolute Gasteiger partial charge is 0.494 e. The second kappa shape index (κ2) is 9.56. The number of nitrogens with two attached hydrogens (primary N) is 2. The highest BCUT2D eigenvalue weighted by Crippen LogP contribution is 2.38. The molecular weight excluding hydrogens is 381 g/mol. The molecule has 0 aliphatic heterocycles. The van der Waals surface area contributed by atoms with E-state index in [4.69, 9.17) is 16.3 Å². The Bertz CT molecular complexity index is 850. The van der Waals surface area contributed by atoms with E-state index in [2.05, 4.69) is 19.2 Å². The molecule has 2 aromatic carbocycles. The van der Waals surface area contributed by atoms with Crippen LogP contribution >= 0.6 is 0 Å². The predicted molar refractivity (Wildman–Crippen MR) is 111 cm³/mol. The van der Waals surface area contributed by atoms with Gasteiger partial charge in [-0.3, -0.25) is 5.01 Å². The van der Waals surface area contributed by atoms with Crippen LogP contribution in [0, 0.1) is 5.92 Å². The Hall–Kier alpha value is -2.87. The third-order valence-corrected chi connectivity index (χ3v) is 4.30. The van der Waals surface area contributed by atoms with Gasteiger partial charge in [-0.15, -0.1) is 0 Å². The molecule has 158 valence electrons. The number of hydrogen-bond acceptors (Lipinski definition) is 5. The van der Waals surface area contributed by atoms with Crippen LogP contribution in [0.25, 0.3) is 0 Å². The molecule has 5 nitrogen and oxygen atoms in total. The molecule has 0 aromatic heterocycles. The number of hydrogen-bond donors (Lipinski definition) is 3. The molecule has 0 radical (unpaired) electrons. The van der Waals surface area contributed by atoms with E-state index in [1.165, 1.54) is 30.3 Å². The minimum absolute atomic E-state index is 0.0616. The lowest BCUT2D eigenvalue weighted by Crippen LogP contribution is -2.26. The number of nitrogens with zero attached hydrogens (tertiary/aromatic N) is 1. The van der Waals surface area contributed by atoms with Gasteiger partial charge in [0.05, 0.1) is 29.7 Å². The number of halogens is 3. The van der Waals surface area contributed by atoms with Gasteiger partial charge in [-0.1, -0.05) is 26.0 Å². The first-order valence-electron chi connectivity index (χ1n) is 9.23. The average Bonchev–Trinajstić information content (AvgIpc) is 2.66. The lowest BCUT2D eigenvalue weighted by Gasteiger charge is -2.20. The number of benzene rings is 2. The number of ether oxygens (including phenoxy) is 1. The Morgan fingerprint density at radius 3 is 2.48 bits per heavy atom. The van der Waals surface area contributed by atoms with Crippen LogP contribution in [-0.2, 0) is 6.18 Å². The summed E-state index contributed by atoms with van der Waals surface area (Å²) in [5, 5.41) is 4.16. The van der Waals surface area contributed by atoms with Crippen molar-refractivity contribution in [1.82, 2.24) is 0 Å². The number of nitrogens with one attached hydrogen (secondary N) is 1. The molecular formula is C21H27F3N4O. The number of anilines is 3. The summed E-state index contributed by atoms with van der Waals surface area (Å²) in [5.74, 6) is 6.94. The van der Waals surface area contributed by atoms with Crippen molar-refractivity contribution in [3.05, 3.63) is 59.9 Å². The highest BCUT2D eigenvalue weighted by atomic mass is 19.4. The summed E-state index contributed by atoms with van der Waals surface area (Å²) in [6.45, 7) is 4.22. The number of allylic oxidation sites excluding steroid dienone is 1. The van der Waals surface area contributed by atoms with Gasteiger partial charge in [0.2, 0.25) is 0 Å². The minimum atomic E-state index is -4.47. The zero-order valence-corrected chi connectivity index (χ0v) is 16.8. The topological polar surface area (TPSA) is 76.5 Å². The van der Waals surface area contributed by atoms with Gasteiger partial charge in [-0.05, 0) is 43.0 Å². The van der Waals surface area contributed by atoms with Gasteiger partial charge in [0, 0.05) is 18.0 Å². The fourth-order valence-electron chi connectivity index (χ4n) is 2.70. The third-order valence-electron chi connectivity index (χ3n) is 4.30. The molecule has 0 saturated heterocycles. The lowest BCUT2D eigenvalue weighted by atomic mass is 10.1. The summed E-state index contributed by atoms with van der Waals surface area (Å²) >= 11 is 0. The molecule has 0 atom stereocenters. The summed E-state index contributed by atoms with van der Waals surface area (Å²) in [5.41, 5.74) is 6.81. The number of para-hydroxylation sites is 1. The zero-order chi connectivity index (χ0) is 21.6. The Labute approximate surface area is 169 Å². The second-order valence-electron chi connectivity index (χ2n) is 7.10. The molecule has 0 unspecified atom stereocenters. The number of hydrazine groups is 1. The molecule has 5 N–H and O–H groups in total. The van der Waals surface area contributed by atoms with Crippen molar-refractivity contribution in [2.75, 3.05) is 17.4 Å². The van der Waals surface area contributed by atoms with E-state index in [-0.39, 0.29) is 5.69 Å². The van der Waals surface area contributed by atoms with Gasteiger partial charge in [0.25, 0.3) is 0 Å². The van der Waals surface area contributed by atoms with Crippen molar-refractivity contribution >= 4 is 17.1 Å². The molecule has 0 spiro atoms. The van der Waals surface area contributed by atoms with E-state index in [0.717, 1.165) is 18.9 Å². The van der Waals surface area contributed by atoms with Crippen molar-refractivity contribution in [2.45, 2.75) is 32.9 Å². The van der Waals surface area contributed by atoms with Crippen molar-refractivity contribution in [3.8, 4) is 5.75 Å². The molecule has 0 fully saturated rings. The van der Waals surface area contributed by atoms with Crippen LogP contribution in [0.3, 0.4) is 0 Å². The van der Waals surface area contributed by atoms with Gasteiger partial charge in [-0.25, -0.2) is 5.84 Å². The number of rotatable bonds is 8. The van der Waals surface area contributed by atoms with Crippen LogP contribution in [0.4, 0.5) is 30.2 Å². The smallest absolute Gasteiger partial charge is 0.418 e. The first-order valence-corrected chi connectivity index (χ1v) is 9.23. The van der Waals surface area contributed by atoms with E-state index in [9.17, 15) is 13.2 Å². The molecule has 0 bridgehead atoms. The molecule has 0 amide bonds. The van der Waals surface area contributed by atoms with Crippen LogP contribution in [0.1, 0.15) is 32.3 Å². The Kier molecular flexibility index (Phi) is 7.39.